The van der Waals surface area contributed by atoms with E-state index >= 15 is 0 Å². The maximum atomic E-state index is 5.38. The third kappa shape index (κ3) is 3.11. The van der Waals surface area contributed by atoms with Crippen LogP contribution < -0.4 is 0 Å². The molecule has 4 heteroatoms. The molecule has 3 heterocycles. The highest BCUT2D eigenvalue weighted by atomic mass is 32.1. The van der Waals surface area contributed by atoms with Gasteiger partial charge in [-0.2, -0.15) is 0 Å². The molecule has 1 aliphatic carbocycles. The average molecular weight is 602 g/mol. The molecule has 11 rings (SSSR count). The first kappa shape index (κ1) is 24.5. The number of para-hydroxylation sites is 3. The Labute approximate surface area is 267 Å². The topological polar surface area (TPSA) is 30.7 Å². The van der Waals surface area contributed by atoms with E-state index in [9.17, 15) is 0 Å². The van der Waals surface area contributed by atoms with Gasteiger partial charge in [-0.3, -0.25) is 4.57 Å². The highest BCUT2D eigenvalue weighted by Gasteiger charge is 2.28. The zero-order chi connectivity index (χ0) is 29.9. The number of hydrogen-bond acceptors (Lipinski definition) is 3. The zero-order valence-electron chi connectivity index (χ0n) is 24.5. The SMILES string of the molecule is c1ccc(-c2nc3ccccc3nc2-n2c3ccccc3c3c4c5c(cc32)sc2cccc(c25)-c2cccc3cccc-4c23)cc1. The Bertz CT molecular complexity index is 2910. The molecule has 0 spiro atoms. The van der Waals surface area contributed by atoms with E-state index in [2.05, 4.69) is 132 Å². The lowest BCUT2D eigenvalue weighted by Gasteiger charge is -2.15. The molecule has 0 radical (unpaired) electrons. The minimum absolute atomic E-state index is 0.844. The van der Waals surface area contributed by atoms with E-state index in [4.69, 9.17) is 9.97 Å². The predicted octanol–water partition coefficient (Wildman–Crippen LogP) is 11.6. The molecule has 0 saturated heterocycles. The molecule has 0 amide bonds. The summed E-state index contributed by atoms with van der Waals surface area (Å²) in [5.74, 6) is 0.844. The number of thiophene rings is 1. The van der Waals surface area contributed by atoms with Crippen LogP contribution in [0.25, 0.3) is 103 Å². The minimum atomic E-state index is 0.844. The quantitative estimate of drug-likeness (QED) is 0.197. The van der Waals surface area contributed by atoms with E-state index in [0.29, 0.717) is 0 Å². The third-order valence-electron chi connectivity index (χ3n) is 9.70. The maximum absolute atomic E-state index is 5.38. The zero-order valence-corrected chi connectivity index (χ0v) is 25.3. The molecular formula is C42H23N3S. The van der Waals surface area contributed by atoms with Gasteiger partial charge in [-0.1, -0.05) is 109 Å². The average Bonchev–Trinajstić information content (AvgIpc) is 3.61. The molecule has 0 aliphatic heterocycles. The van der Waals surface area contributed by atoms with Gasteiger partial charge in [0.25, 0.3) is 0 Å². The molecule has 0 bridgehead atoms. The van der Waals surface area contributed by atoms with E-state index in [-0.39, 0.29) is 0 Å². The summed E-state index contributed by atoms with van der Waals surface area (Å²) in [6.07, 6.45) is 0. The number of hydrogen-bond donors (Lipinski definition) is 0. The molecule has 0 N–H and O–H groups in total. The van der Waals surface area contributed by atoms with Gasteiger partial charge in [0.05, 0.1) is 22.1 Å². The summed E-state index contributed by atoms with van der Waals surface area (Å²) >= 11 is 1.89. The molecule has 0 unspecified atom stereocenters. The minimum Gasteiger partial charge on any atom is -0.292 e. The fourth-order valence-corrected chi connectivity index (χ4v) is 9.03. The Hall–Kier alpha value is -5.84. The number of aromatic nitrogens is 3. The van der Waals surface area contributed by atoms with Crippen LogP contribution in [0, 0.1) is 0 Å². The molecule has 212 valence electrons. The van der Waals surface area contributed by atoms with Crippen LogP contribution in [0.2, 0.25) is 0 Å². The Morgan fingerprint density at radius 3 is 2.02 bits per heavy atom. The number of nitrogens with zero attached hydrogens (tertiary/aromatic N) is 3. The van der Waals surface area contributed by atoms with Crippen LogP contribution in [-0.2, 0) is 0 Å². The smallest absolute Gasteiger partial charge is 0.165 e. The normalized spacial score (nSPS) is 12.3. The van der Waals surface area contributed by atoms with Crippen molar-refractivity contribution in [1.29, 1.82) is 0 Å². The van der Waals surface area contributed by atoms with Gasteiger partial charge in [0, 0.05) is 42.1 Å². The van der Waals surface area contributed by atoms with E-state index in [1.165, 1.54) is 64.0 Å². The van der Waals surface area contributed by atoms with Crippen molar-refractivity contribution in [2.45, 2.75) is 0 Å². The molecule has 3 nitrogen and oxygen atoms in total. The lowest BCUT2D eigenvalue weighted by atomic mass is 9.91. The Balaban J connectivity index is 1.40. The molecule has 7 aromatic carbocycles. The summed E-state index contributed by atoms with van der Waals surface area (Å²) in [5, 5.41) is 7.77. The van der Waals surface area contributed by atoms with Gasteiger partial charge in [0.1, 0.15) is 5.69 Å². The monoisotopic (exact) mass is 601 g/mol. The van der Waals surface area contributed by atoms with Crippen molar-refractivity contribution >= 4 is 75.1 Å². The summed E-state index contributed by atoms with van der Waals surface area (Å²) in [6, 6.07) is 50.2. The Kier molecular flexibility index (Phi) is 4.72. The number of benzene rings is 7. The van der Waals surface area contributed by atoms with Gasteiger partial charge in [0.2, 0.25) is 0 Å². The summed E-state index contributed by atoms with van der Waals surface area (Å²) in [5.41, 5.74) is 11.2. The standard InChI is InChI=1S/C42H23N3S/c1-2-11-25(12-3-1)41-42(44-31-20-6-5-19-30(31)43-41)45-32-21-7-4-15-28(32)37-33(45)23-35-40-38-27(17-10-22-34(38)46-35)26-16-8-13-24-14-9-18-29(36(24)26)39(37)40/h1-23H. The first-order valence-electron chi connectivity index (χ1n) is 15.6. The molecule has 3 aromatic heterocycles. The second-order valence-electron chi connectivity index (χ2n) is 12.1. The van der Waals surface area contributed by atoms with Gasteiger partial charge >= 0.3 is 0 Å². The summed E-state index contributed by atoms with van der Waals surface area (Å²) in [6.45, 7) is 0. The van der Waals surface area contributed by atoms with E-state index in [1.807, 2.05) is 23.5 Å². The fourth-order valence-electron chi connectivity index (χ4n) is 7.86. The van der Waals surface area contributed by atoms with Crippen LogP contribution in [0.1, 0.15) is 0 Å². The van der Waals surface area contributed by atoms with Crippen molar-refractivity contribution in [1.82, 2.24) is 14.5 Å². The molecular weight excluding hydrogens is 579 g/mol. The fraction of sp³-hybridized carbons (Fsp3) is 0. The predicted molar refractivity (Wildman–Crippen MR) is 194 cm³/mol. The van der Waals surface area contributed by atoms with Crippen LogP contribution in [0.4, 0.5) is 0 Å². The van der Waals surface area contributed by atoms with Crippen LogP contribution in [0.15, 0.2) is 140 Å². The highest BCUT2D eigenvalue weighted by Crippen LogP contribution is 2.54. The molecule has 1 aliphatic rings. The lowest BCUT2D eigenvalue weighted by molar-refractivity contribution is 1.08. The number of rotatable bonds is 2. The van der Waals surface area contributed by atoms with Crippen molar-refractivity contribution in [2.24, 2.45) is 0 Å². The van der Waals surface area contributed by atoms with Crippen LogP contribution in [0.5, 0.6) is 0 Å². The van der Waals surface area contributed by atoms with Gasteiger partial charge in [0.15, 0.2) is 5.82 Å². The second kappa shape index (κ2) is 8.87. The van der Waals surface area contributed by atoms with Crippen LogP contribution in [0.3, 0.4) is 0 Å². The van der Waals surface area contributed by atoms with Gasteiger partial charge < -0.3 is 0 Å². The summed E-state index contributed by atoms with van der Waals surface area (Å²) in [7, 11) is 0. The van der Waals surface area contributed by atoms with Gasteiger partial charge in [-0.25, -0.2) is 9.97 Å². The van der Waals surface area contributed by atoms with Crippen molar-refractivity contribution in [3.05, 3.63) is 140 Å². The molecule has 10 aromatic rings. The first-order chi connectivity index (χ1) is 22.8. The van der Waals surface area contributed by atoms with E-state index in [0.717, 1.165) is 39.1 Å². The first-order valence-corrected chi connectivity index (χ1v) is 16.4. The molecule has 46 heavy (non-hydrogen) atoms. The van der Waals surface area contributed by atoms with Crippen molar-refractivity contribution in [2.75, 3.05) is 0 Å². The van der Waals surface area contributed by atoms with Gasteiger partial charge in [-0.15, -0.1) is 11.3 Å². The van der Waals surface area contributed by atoms with Crippen molar-refractivity contribution in [3.63, 3.8) is 0 Å². The van der Waals surface area contributed by atoms with Gasteiger partial charge in [-0.05, 0) is 57.8 Å². The van der Waals surface area contributed by atoms with Crippen LogP contribution in [-0.4, -0.2) is 14.5 Å². The number of fused-ring (bicyclic) bond motifs is 7. The summed E-state index contributed by atoms with van der Waals surface area (Å²) in [4.78, 5) is 10.6. The van der Waals surface area contributed by atoms with E-state index < -0.39 is 0 Å². The molecule has 0 fully saturated rings. The highest BCUT2D eigenvalue weighted by molar-refractivity contribution is 7.26. The summed E-state index contributed by atoms with van der Waals surface area (Å²) < 4.78 is 4.97. The lowest BCUT2D eigenvalue weighted by Crippen LogP contribution is -2.03. The molecule has 0 saturated carbocycles. The van der Waals surface area contributed by atoms with E-state index in [1.54, 1.807) is 0 Å². The van der Waals surface area contributed by atoms with Crippen molar-refractivity contribution in [3.8, 4) is 39.3 Å². The Morgan fingerprint density at radius 1 is 0.478 bits per heavy atom. The second-order valence-corrected chi connectivity index (χ2v) is 13.2. The van der Waals surface area contributed by atoms with Crippen LogP contribution >= 0.6 is 11.3 Å². The largest absolute Gasteiger partial charge is 0.292 e. The maximum Gasteiger partial charge on any atom is 0.165 e. The third-order valence-corrected chi connectivity index (χ3v) is 10.8. The molecule has 0 atom stereocenters. The Morgan fingerprint density at radius 2 is 1.17 bits per heavy atom. The van der Waals surface area contributed by atoms with Crippen molar-refractivity contribution < 1.29 is 0 Å².